The molecule has 2 saturated carbocycles. The molecule has 0 unspecified atom stereocenters. The van der Waals surface area contributed by atoms with Gasteiger partial charge in [-0.2, -0.15) is 5.10 Å². The van der Waals surface area contributed by atoms with Crippen LogP contribution >= 0.6 is 0 Å². The van der Waals surface area contributed by atoms with Crippen molar-refractivity contribution in [2.45, 2.75) is 71.9 Å². The molecule has 0 radical (unpaired) electrons. The SMILES string of the molecule is COc1ccc([C@H]2[C@@H]3CCCC[C@@H]3[C@@H]2NC(=O)[C@@H](C)Cn2nc(C)c(C)c2C)cc1OC. The van der Waals surface area contributed by atoms with Crippen molar-refractivity contribution in [3.8, 4) is 11.5 Å². The monoisotopic (exact) mass is 439 g/mol. The Morgan fingerprint density at radius 2 is 1.81 bits per heavy atom. The third-order valence-corrected chi connectivity index (χ3v) is 7.92. The maximum Gasteiger partial charge on any atom is 0.224 e. The molecule has 6 nitrogen and oxygen atoms in total. The van der Waals surface area contributed by atoms with Gasteiger partial charge in [-0.3, -0.25) is 9.48 Å². The zero-order valence-electron chi connectivity index (χ0n) is 20.3. The van der Waals surface area contributed by atoms with Gasteiger partial charge in [-0.15, -0.1) is 0 Å². The van der Waals surface area contributed by atoms with Crippen LogP contribution < -0.4 is 14.8 Å². The van der Waals surface area contributed by atoms with Gasteiger partial charge in [0, 0.05) is 17.7 Å². The molecule has 0 aliphatic heterocycles. The van der Waals surface area contributed by atoms with Crippen molar-refractivity contribution in [2.75, 3.05) is 14.2 Å². The first-order chi connectivity index (χ1) is 15.3. The number of carbonyl (C=O) groups is 1. The molecule has 174 valence electrons. The normalized spacial score (nSPS) is 25.4. The molecule has 6 heteroatoms. The Morgan fingerprint density at radius 1 is 1.12 bits per heavy atom. The van der Waals surface area contributed by atoms with Gasteiger partial charge in [0.05, 0.1) is 32.4 Å². The quantitative estimate of drug-likeness (QED) is 0.687. The van der Waals surface area contributed by atoms with Crippen molar-refractivity contribution in [3.05, 3.63) is 40.7 Å². The topological polar surface area (TPSA) is 65.4 Å². The summed E-state index contributed by atoms with van der Waals surface area (Å²) in [7, 11) is 3.33. The van der Waals surface area contributed by atoms with Crippen LogP contribution in [-0.2, 0) is 11.3 Å². The molecule has 1 heterocycles. The van der Waals surface area contributed by atoms with Crippen molar-refractivity contribution >= 4 is 5.91 Å². The van der Waals surface area contributed by atoms with E-state index in [9.17, 15) is 4.79 Å². The van der Waals surface area contributed by atoms with Gasteiger partial charge in [-0.1, -0.05) is 25.8 Å². The van der Waals surface area contributed by atoms with Crippen LogP contribution in [-0.4, -0.2) is 35.9 Å². The highest BCUT2D eigenvalue weighted by Gasteiger charge is 2.52. The summed E-state index contributed by atoms with van der Waals surface area (Å²) < 4.78 is 13.0. The number of aromatic nitrogens is 2. The zero-order valence-corrected chi connectivity index (χ0v) is 20.3. The minimum Gasteiger partial charge on any atom is -0.493 e. The molecule has 1 amide bonds. The van der Waals surface area contributed by atoms with Crippen LogP contribution in [0.5, 0.6) is 11.5 Å². The molecule has 5 atom stereocenters. The Labute approximate surface area is 191 Å². The van der Waals surface area contributed by atoms with Crippen LogP contribution in [0.3, 0.4) is 0 Å². The molecule has 1 aromatic heterocycles. The van der Waals surface area contributed by atoms with Gasteiger partial charge in [-0.25, -0.2) is 0 Å². The number of fused-ring (bicyclic) bond motifs is 1. The van der Waals surface area contributed by atoms with Gasteiger partial charge in [0.2, 0.25) is 5.91 Å². The lowest BCUT2D eigenvalue weighted by Crippen LogP contribution is -2.60. The number of nitrogens with zero attached hydrogens (tertiary/aromatic N) is 2. The molecule has 2 aromatic rings. The summed E-state index contributed by atoms with van der Waals surface area (Å²) in [5.41, 5.74) is 4.61. The highest BCUT2D eigenvalue weighted by Crippen LogP contribution is 2.55. The van der Waals surface area contributed by atoms with Crippen LogP contribution in [0.4, 0.5) is 0 Å². The number of aryl methyl sites for hydroxylation is 1. The number of amides is 1. The van der Waals surface area contributed by atoms with E-state index in [1.807, 2.05) is 24.6 Å². The summed E-state index contributed by atoms with van der Waals surface area (Å²) in [4.78, 5) is 13.2. The number of carbonyl (C=O) groups excluding carboxylic acids is 1. The molecule has 0 spiro atoms. The standard InChI is InChI=1S/C26H37N3O3/c1-15(14-29-18(4)16(2)17(3)28-29)26(30)27-25-21-10-8-7-9-20(21)24(25)19-11-12-22(31-5)23(13-19)32-6/h11-13,15,20-21,24-25H,7-10,14H2,1-6H3,(H,27,30)/t15-,20+,21-,24-,25-/m0/s1. The number of rotatable bonds is 7. The number of hydrogen-bond donors (Lipinski definition) is 1. The Kier molecular flexibility index (Phi) is 6.50. The third-order valence-electron chi connectivity index (χ3n) is 7.92. The van der Waals surface area contributed by atoms with Gasteiger partial charge < -0.3 is 14.8 Å². The predicted octanol–water partition coefficient (Wildman–Crippen LogP) is 4.55. The van der Waals surface area contributed by atoms with E-state index in [1.165, 1.54) is 36.8 Å². The lowest BCUT2D eigenvalue weighted by molar-refractivity contribution is -0.128. The predicted molar refractivity (Wildman–Crippen MR) is 125 cm³/mol. The third kappa shape index (κ3) is 4.00. The smallest absolute Gasteiger partial charge is 0.224 e. The minimum absolute atomic E-state index is 0.120. The van der Waals surface area contributed by atoms with Crippen molar-refractivity contribution < 1.29 is 14.3 Å². The summed E-state index contributed by atoms with van der Waals surface area (Å²) in [5, 5.41) is 8.06. The zero-order chi connectivity index (χ0) is 23.0. The number of benzene rings is 1. The van der Waals surface area contributed by atoms with Gasteiger partial charge in [-0.05, 0) is 68.7 Å². The second-order valence-corrected chi connectivity index (χ2v) is 9.67. The molecule has 32 heavy (non-hydrogen) atoms. The number of ether oxygens (including phenoxy) is 2. The molecular formula is C26H37N3O3. The fourth-order valence-corrected chi connectivity index (χ4v) is 5.79. The average Bonchev–Trinajstić information content (AvgIpc) is 3.03. The summed E-state index contributed by atoms with van der Waals surface area (Å²) in [6, 6.07) is 6.39. The second-order valence-electron chi connectivity index (χ2n) is 9.67. The van der Waals surface area contributed by atoms with Crippen LogP contribution in [0.2, 0.25) is 0 Å². The molecule has 2 aliphatic carbocycles. The molecule has 1 N–H and O–H groups in total. The molecule has 0 saturated heterocycles. The van der Waals surface area contributed by atoms with E-state index < -0.39 is 0 Å². The van der Waals surface area contributed by atoms with Crippen molar-refractivity contribution in [3.63, 3.8) is 0 Å². The lowest BCUT2D eigenvalue weighted by Gasteiger charge is -2.55. The molecule has 2 aliphatic rings. The molecule has 0 bridgehead atoms. The van der Waals surface area contributed by atoms with Crippen molar-refractivity contribution in [1.29, 1.82) is 0 Å². The van der Waals surface area contributed by atoms with E-state index in [0.29, 0.717) is 24.3 Å². The van der Waals surface area contributed by atoms with Crippen molar-refractivity contribution in [1.82, 2.24) is 15.1 Å². The second kappa shape index (κ2) is 9.16. The summed E-state index contributed by atoms with van der Waals surface area (Å²) in [6.07, 6.45) is 4.97. The van der Waals surface area contributed by atoms with Crippen LogP contribution in [0.15, 0.2) is 18.2 Å². The Hall–Kier alpha value is -2.50. The Balaban J connectivity index is 1.51. The summed E-state index contributed by atoms with van der Waals surface area (Å²) >= 11 is 0. The first-order valence-corrected chi connectivity index (χ1v) is 11.9. The van der Waals surface area contributed by atoms with Gasteiger partial charge >= 0.3 is 0 Å². The maximum atomic E-state index is 13.2. The number of hydrogen-bond acceptors (Lipinski definition) is 4. The van der Waals surface area contributed by atoms with Gasteiger partial charge in [0.15, 0.2) is 11.5 Å². The average molecular weight is 440 g/mol. The lowest BCUT2D eigenvalue weighted by atomic mass is 9.53. The van der Waals surface area contributed by atoms with E-state index in [4.69, 9.17) is 9.47 Å². The number of nitrogens with one attached hydrogen (secondary N) is 1. The molecular weight excluding hydrogens is 402 g/mol. The van der Waals surface area contributed by atoms with E-state index >= 15 is 0 Å². The van der Waals surface area contributed by atoms with E-state index in [2.05, 4.69) is 36.4 Å². The maximum absolute atomic E-state index is 13.2. The van der Waals surface area contributed by atoms with E-state index in [1.54, 1.807) is 14.2 Å². The van der Waals surface area contributed by atoms with E-state index in [-0.39, 0.29) is 17.9 Å². The van der Waals surface area contributed by atoms with Crippen LogP contribution in [0.1, 0.15) is 61.0 Å². The Bertz CT molecular complexity index is 983. The first-order valence-electron chi connectivity index (χ1n) is 11.9. The minimum atomic E-state index is -0.138. The fraction of sp³-hybridized carbons (Fsp3) is 0.615. The fourth-order valence-electron chi connectivity index (χ4n) is 5.79. The Morgan fingerprint density at radius 3 is 2.44 bits per heavy atom. The van der Waals surface area contributed by atoms with Gasteiger partial charge in [0.25, 0.3) is 0 Å². The van der Waals surface area contributed by atoms with Crippen LogP contribution in [0.25, 0.3) is 0 Å². The first kappa shape index (κ1) is 22.7. The summed E-state index contributed by atoms with van der Waals surface area (Å²) in [5.74, 6) is 2.99. The highest BCUT2D eigenvalue weighted by atomic mass is 16.5. The molecule has 2 fully saturated rings. The highest BCUT2D eigenvalue weighted by molar-refractivity contribution is 5.79. The van der Waals surface area contributed by atoms with Crippen LogP contribution in [0, 0.1) is 38.5 Å². The summed E-state index contributed by atoms with van der Waals surface area (Å²) in [6.45, 7) is 8.79. The molecule has 4 rings (SSSR count). The van der Waals surface area contributed by atoms with E-state index in [0.717, 1.165) is 22.9 Å². The molecule has 1 aromatic carbocycles. The largest absolute Gasteiger partial charge is 0.493 e. The van der Waals surface area contributed by atoms with Crippen molar-refractivity contribution in [2.24, 2.45) is 17.8 Å². The number of methoxy groups -OCH3 is 2. The van der Waals surface area contributed by atoms with Gasteiger partial charge in [0.1, 0.15) is 0 Å².